The minimum Gasteiger partial charge on any atom is -0.337 e. The summed E-state index contributed by atoms with van der Waals surface area (Å²) < 4.78 is 41.0. The van der Waals surface area contributed by atoms with Gasteiger partial charge in [-0.2, -0.15) is 18.3 Å². The van der Waals surface area contributed by atoms with Gasteiger partial charge in [0.15, 0.2) is 6.04 Å². The van der Waals surface area contributed by atoms with E-state index in [0.717, 1.165) is 6.08 Å². The minimum absolute atomic E-state index is 0.0395. The molecule has 128 valence electrons. The van der Waals surface area contributed by atoms with Gasteiger partial charge in [-0.25, -0.2) is 0 Å². The van der Waals surface area contributed by atoms with Crippen LogP contribution < -0.4 is 5.32 Å². The first-order valence-corrected chi connectivity index (χ1v) is 7.37. The van der Waals surface area contributed by atoms with Crippen molar-refractivity contribution < 1.29 is 18.0 Å². The summed E-state index contributed by atoms with van der Waals surface area (Å²) in [6.45, 7) is 1.69. The Labute approximate surface area is 141 Å². The van der Waals surface area contributed by atoms with Gasteiger partial charge in [-0.05, 0) is 18.6 Å². The van der Waals surface area contributed by atoms with Gasteiger partial charge in [0.05, 0.1) is 5.69 Å². The molecule has 0 aliphatic rings. The molecule has 2 rings (SSSR count). The van der Waals surface area contributed by atoms with Crippen molar-refractivity contribution >= 4 is 23.6 Å². The van der Waals surface area contributed by atoms with Crippen molar-refractivity contribution in [2.75, 3.05) is 0 Å². The standard InChI is InChI=1S/C16H15ClF3N3O/c1-10-12(15(17)23(2)22-10)8-9-13(24)21-14(16(18,19)20)11-6-4-3-5-7-11/h3-9,14H,1-2H3,(H,21,24)/b9-8+. The third-order valence-electron chi connectivity index (χ3n) is 3.34. The summed E-state index contributed by atoms with van der Waals surface area (Å²) in [6.07, 6.45) is -2.25. The van der Waals surface area contributed by atoms with E-state index in [1.165, 1.54) is 35.0 Å². The smallest absolute Gasteiger partial charge is 0.337 e. The highest BCUT2D eigenvalue weighted by Gasteiger charge is 2.41. The monoisotopic (exact) mass is 357 g/mol. The number of benzene rings is 1. The van der Waals surface area contributed by atoms with Crippen LogP contribution in [0.2, 0.25) is 5.15 Å². The predicted molar refractivity (Wildman–Crippen MR) is 85.4 cm³/mol. The SMILES string of the molecule is Cc1nn(C)c(Cl)c1/C=C/C(=O)NC(c1ccccc1)C(F)(F)F. The Morgan fingerprint density at radius 2 is 1.96 bits per heavy atom. The van der Waals surface area contributed by atoms with Crippen molar-refractivity contribution in [3.63, 3.8) is 0 Å². The van der Waals surface area contributed by atoms with Crippen molar-refractivity contribution in [1.29, 1.82) is 0 Å². The third kappa shape index (κ3) is 4.17. The van der Waals surface area contributed by atoms with Gasteiger partial charge in [-0.1, -0.05) is 41.9 Å². The van der Waals surface area contributed by atoms with Gasteiger partial charge < -0.3 is 5.32 Å². The summed E-state index contributed by atoms with van der Waals surface area (Å²) in [6, 6.07) is 5.10. The first kappa shape index (κ1) is 18.1. The Morgan fingerprint density at radius 1 is 1.33 bits per heavy atom. The van der Waals surface area contributed by atoms with E-state index in [2.05, 4.69) is 5.10 Å². The second-order valence-electron chi connectivity index (χ2n) is 5.14. The zero-order valence-corrected chi connectivity index (χ0v) is 13.7. The first-order valence-electron chi connectivity index (χ1n) is 6.99. The molecule has 0 saturated carbocycles. The summed E-state index contributed by atoms with van der Waals surface area (Å²) >= 11 is 6.01. The van der Waals surface area contributed by atoms with Gasteiger partial charge in [0, 0.05) is 18.7 Å². The number of nitrogens with zero attached hydrogens (tertiary/aromatic N) is 2. The maximum absolute atomic E-state index is 13.2. The number of hydrogen-bond donors (Lipinski definition) is 1. The van der Waals surface area contributed by atoms with Crippen molar-refractivity contribution in [3.8, 4) is 0 Å². The molecule has 0 radical (unpaired) electrons. The molecule has 0 aliphatic carbocycles. The number of amides is 1. The first-order chi connectivity index (χ1) is 11.2. The molecule has 1 aromatic heterocycles. The summed E-state index contributed by atoms with van der Waals surface area (Å²) in [5.74, 6) is -0.875. The number of hydrogen-bond acceptors (Lipinski definition) is 2. The Hall–Kier alpha value is -2.28. The molecule has 1 aromatic carbocycles. The predicted octanol–water partition coefficient (Wildman–Crippen LogP) is 3.81. The van der Waals surface area contributed by atoms with Gasteiger partial charge in [0.1, 0.15) is 5.15 Å². The fourth-order valence-electron chi connectivity index (χ4n) is 2.18. The van der Waals surface area contributed by atoms with E-state index < -0.39 is 18.1 Å². The Kier molecular flexibility index (Phi) is 5.33. The molecule has 24 heavy (non-hydrogen) atoms. The highest BCUT2D eigenvalue weighted by molar-refractivity contribution is 6.31. The van der Waals surface area contributed by atoms with Crippen LogP contribution in [0, 0.1) is 6.92 Å². The van der Waals surface area contributed by atoms with Crippen LogP contribution in [0.25, 0.3) is 6.08 Å². The second kappa shape index (κ2) is 7.09. The van der Waals surface area contributed by atoms with Crippen LogP contribution in [-0.4, -0.2) is 21.9 Å². The Morgan fingerprint density at radius 3 is 2.46 bits per heavy atom. The molecule has 8 heteroatoms. The van der Waals surface area contributed by atoms with Crippen LogP contribution in [-0.2, 0) is 11.8 Å². The molecule has 0 fully saturated rings. The molecule has 2 aromatic rings. The number of halogens is 4. The molecule has 1 N–H and O–H groups in total. The average Bonchev–Trinajstić information content (AvgIpc) is 2.75. The van der Waals surface area contributed by atoms with E-state index in [1.807, 2.05) is 5.32 Å². The van der Waals surface area contributed by atoms with Gasteiger partial charge in [-0.3, -0.25) is 9.48 Å². The lowest BCUT2D eigenvalue weighted by Crippen LogP contribution is -2.37. The molecule has 1 atom stereocenters. The van der Waals surface area contributed by atoms with Gasteiger partial charge in [0.25, 0.3) is 0 Å². The van der Waals surface area contributed by atoms with Gasteiger partial charge >= 0.3 is 6.18 Å². The highest BCUT2D eigenvalue weighted by atomic mass is 35.5. The topological polar surface area (TPSA) is 46.9 Å². The quantitative estimate of drug-likeness (QED) is 0.846. The van der Waals surface area contributed by atoms with Crippen molar-refractivity contribution in [1.82, 2.24) is 15.1 Å². The van der Waals surface area contributed by atoms with Crippen molar-refractivity contribution in [3.05, 3.63) is 58.4 Å². The normalized spacial score (nSPS) is 13.2. The molecule has 0 spiro atoms. The molecule has 1 unspecified atom stereocenters. The third-order valence-corrected chi connectivity index (χ3v) is 3.79. The largest absolute Gasteiger partial charge is 0.412 e. The zero-order valence-electron chi connectivity index (χ0n) is 12.9. The van der Waals surface area contributed by atoms with E-state index in [1.54, 1.807) is 20.0 Å². The Bertz CT molecular complexity index is 754. The van der Waals surface area contributed by atoms with Gasteiger partial charge in [-0.15, -0.1) is 0 Å². The summed E-state index contributed by atoms with van der Waals surface area (Å²) in [5.41, 5.74) is 1.02. The molecule has 1 heterocycles. The van der Waals surface area contributed by atoms with Crippen LogP contribution in [0.1, 0.15) is 22.9 Å². The number of nitrogens with one attached hydrogen (secondary N) is 1. The maximum Gasteiger partial charge on any atom is 0.412 e. The maximum atomic E-state index is 13.2. The van der Waals surface area contributed by atoms with Crippen LogP contribution in [0.5, 0.6) is 0 Å². The lowest BCUT2D eigenvalue weighted by molar-refractivity contribution is -0.162. The molecular formula is C16H15ClF3N3O. The van der Waals surface area contributed by atoms with E-state index in [9.17, 15) is 18.0 Å². The number of alkyl halides is 3. The van der Waals surface area contributed by atoms with Crippen molar-refractivity contribution in [2.45, 2.75) is 19.1 Å². The number of aromatic nitrogens is 2. The molecule has 0 bridgehead atoms. The lowest BCUT2D eigenvalue weighted by atomic mass is 10.1. The van der Waals surface area contributed by atoms with E-state index in [-0.39, 0.29) is 5.56 Å². The fraction of sp³-hybridized carbons (Fsp3) is 0.250. The van der Waals surface area contributed by atoms with Crippen LogP contribution in [0.3, 0.4) is 0 Å². The number of carbonyl (C=O) groups is 1. The number of carbonyl (C=O) groups excluding carboxylic acids is 1. The molecule has 0 aliphatic heterocycles. The summed E-state index contributed by atoms with van der Waals surface area (Å²) in [4.78, 5) is 11.9. The minimum atomic E-state index is -4.60. The van der Waals surface area contributed by atoms with Crippen LogP contribution in [0.4, 0.5) is 13.2 Å². The number of aryl methyl sites for hydroxylation is 2. The molecule has 0 saturated heterocycles. The molecule has 4 nitrogen and oxygen atoms in total. The van der Waals surface area contributed by atoms with E-state index >= 15 is 0 Å². The number of rotatable bonds is 4. The Balaban J connectivity index is 2.18. The highest BCUT2D eigenvalue weighted by Crippen LogP contribution is 2.32. The van der Waals surface area contributed by atoms with E-state index in [0.29, 0.717) is 16.4 Å². The van der Waals surface area contributed by atoms with Crippen LogP contribution in [0.15, 0.2) is 36.4 Å². The lowest BCUT2D eigenvalue weighted by Gasteiger charge is -2.21. The summed E-state index contributed by atoms with van der Waals surface area (Å²) in [5, 5.41) is 6.32. The fourth-order valence-corrected chi connectivity index (χ4v) is 2.42. The van der Waals surface area contributed by atoms with E-state index in [4.69, 9.17) is 11.6 Å². The second-order valence-corrected chi connectivity index (χ2v) is 5.50. The molecule has 1 amide bonds. The zero-order chi connectivity index (χ0) is 17.9. The van der Waals surface area contributed by atoms with Crippen molar-refractivity contribution in [2.24, 2.45) is 7.05 Å². The van der Waals surface area contributed by atoms with Crippen LogP contribution >= 0.6 is 11.6 Å². The molecular weight excluding hydrogens is 343 g/mol. The summed E-state index contributed by atoms with van der Waals surface area (Å²) in [7, 11) is 1.63. The van der Waals surface area contributed by atoms with Gasteiger partial charge in [0.2, 0.25) is 5.91 Å². The average molecular weight is 358 g/mol.